The predicted molar refractivity (Wildman–Crippen MR) is 70.1 cm³/mol. The van der Waals surface area contributed by atoms with Gasteiger partial charge in [0, 0.05) is 5.56 Å². The van der Waals surface area contributed by atoms with E-state index in [0.29, 0.717) is 11.6 Å². The summed E-state index contributed by atoms with van der Waals surface area (Å²) in [6, 6.07) is 8.07. The highest BCUT2D eigenvalue weighted by Crippen LogP contribution is 2.32. The van der Waals surface area contributed by atoms with Crippen LogP contribution in [0.2, 0.25) is 0 Å². The first-order valence-corrected chi connectivity index (χ1v) is 5.49. The lowest BCUT2D eigenvalue weighted by atomic mass is 9.98. The van der Waals surface area contributed by atoms with Crippen LogP contribution in [0.5, 0.6) is 5.88 Å². The van der Waals surface area contributed by atoms with Crippen LogP contribution in [0.3, 0.4) is 0 Å². The molecule has 3 nitrogen and oxygen atoms in total. The van der Waals surface area contributed by atoms with Crippen LogP contribution < -0.4 is 10.5 Å². The number of rotatable bonds is 2. The molecule has 0 spiro atoms. The Kier molecular flexibility index (Phi) is 3.00. The number of nitrogens with two attached hydrogens (primary N) is 1. The molecule has 0 bridgehead atoms. The molecule has 2 rings (SSSR count). The summed E-state index contributed by atoms with van der Waals surface area (Å²) in [5.74, 6) is 0.605. The predicted octanol–water partition coefficient (Wildman–Crippen LogP) is 2.96. The number of hydrogen-bond acceptors (Lipinski definition) is 3. The van der Waals surface area contributed by atoms with Gasteiger partial charge in [-0.25, -0.2) is 4.98 Å². The molecular formula is C14H16N2O. The Hall–Kier alpha value is -2.03. The molecule has 0 radical (unpaired) electrons. The van der Waals surface area contributed by atoms with Crippen molar-refractivity contribution < 1.29 is 4.74 Å². The molecule has 0 amide bonds. The molecule has 0 fully saturated rings. The van der Waals surface area contributed by atoms with Crippen LogP contribution in [0.4, 0.5) is 5.69 Å². The molecule has 0 aliphatic carbocycles. The second-order valence-electron chi connectivity index (χ2n) is 4.07. The van der Waals surface area contributed by atoms with E-state index in [1.165, 1.54) is 11.1 Å². The van der Waals surface area contributed by atoms with Crippen LogP contribution in [-0.4, -0.2) is 12.1 Å². The molecule has 2 aromatic rings. The SMILES string of the molecule is COc1ncc(N)cc1-c1cccc(C)c1C. The van der Waals surface area contributed by atoms with Crippen LogP contribution in [0.25, 0.3) is 11.1 Å². The average Bonchev–Trinajstić information content (AvgIpc) is 2.33. The van der Waals surface area contributed by atoms with Gasteiger partial charge in [-0.1, -0.05) is 18.2 Å². The molecule has 0 atom stereocenters. The Labute approximate surface area is 101 Å². The monoisotopic (exact) mass is 228 g/mol. The van der Waals surface area contributed by atoms with Crippen molar-refractivity contribution in [3.63, 3.8) is 0 Å². The van der Waals surface area contributed by atoms with Crippen molar-refractivity contribution >= 4 is 5.69 Å². The molecule has 3 heteroatoms. The van der Waals surface area contributed by atoms with E-state index < -0.39 is 0 Å². The van der Waals surface area contributed by atoms with Gasteiger partial charge in [-0.05, 0) is 36.6 Å². The number of hydrogen-bond donors (Lipinski definition) is 1. The van der Waals surface area contributed by atoms with Crippen molar-refractivity contribution in [3.05, 3.63) is 41.6 Å². The average molecular weight is 228 g/mol. The molecular weight excluding hydrogens is 212 g/mol. The van der Waals surface area contributed by atoms with Crippen molar-refractivity contribution in [1.29, 1.82) is 0 Å². The van der Waals surface area contributed by atoms with Gasteiger partial charge in [-0.15, -0.1) is 0 Å². The minimum atomic E-state index is 0.605. The van der Waals surface area contributed by atoms with Gasteiger partial charge in [0.25, 0.3) is 0 Å². The summed E-state index contributed by atoms with van der Waals surface area (Å²) >= 11 is 0. The quantitative estimate of drug-likeness (QED) is 0.859. The fourth-order valence-electron chi connectivity index (χ4n) is 1.87. The molecule has 0 saturated heterocycles. The van der Waals surface area contributed by atoms with Gasteiger partial charge in [-0.2, -0.15) is 0 Å². The lowest BCUT2D eigenvalue weighted by molar-refractivity contribution is 0.400. The van der Waals surface area contributed by atoms with Crippen LogP contribution in [0.15, 0.2) is 30.5 Å². The first-order chi connectivity index (χ1) is 8.13. The van der Waals surface area contributed by atoms with Gasteiger partial charge < -0.3 is 10.5 Å². The van der Waals surface area contributed by atoms with Crippen LogP contribution >= 0.6 is 0 Å². The van der Waals surface area contributed by atoms with Gasteiger partial charge >= 0.3 is 0 Å². The first kappa shape index (κ1) is 11.5. The second-order valence-corrected chi connectivity index (χ2v) is 4.07. The number of ether oxygens (including phenoxy) is 1. The van der Waals surface area contributed by atoms with Crippen LogP contribution in [0, 0.1) is 13.8 Å². The highest BCUT2D eigenvalue weighted by molar-refractivity contribution is 5.75. The lowest BCUT2D eigenvalue weighted by Gasteiger charge is -2.12. The number of anilines is 1. The first-order valence-electron chi connectivity index (χ1n) is 5.49. The maximum absolute atomic E-state index is 5.79. The van der Waals surface area contributed by atoms with E-state index in [1.54, 1.807) is 13.3 Å². The number of aromatic nitrogens is 1. The molecule has 1 heterocycles. The van der Waals surface area contributed by atoms with E-state index in [9.17, 15) is 0 Å². The Morgan fingerprint density at radius 2 is 1.94 bits per heavy atom. The molecule has 1 aromatic heterocycles. The number of pyridine rings is 1. The van der Waals surface area contributed by atoms with Crippen molar-refractivity contribution in [2.75, 3.05) is 12.8 Å². The van der Waals surface area contributed by atoms with Gasteiger partial charge in [0.2, 0.25) is 5.88 Å². The van der Waals surface area contributed by atoms with E-state index in [2.05, 4.69) is 31.0 Å². The molecule has 17 heavy (non-hydrogen) atoms. The molecule has 1 aromatic carbocycles. The van der Waals surface area contributed by atoms with Crippen LogP contribution in [-0.2, 0) is 0 Å². The van der Waals surface area contributed by atoms with E-state index >= 15 is 0 Å². The Morgan fingerprint density at radius 1 is 1.18 bits per heavy atom. The van der Waals surface area contributed by atoms with E-state index in [4.69, 9.17) is 10.5 Å². The van der Waals surface area contributed by atoms with E-state index in [0.717, 1.165) is 11.1 Å². The third-order valence-corrected chi connectivity index (χ3v) is 2.96. The summed E-state index contributed by atoms with van der Waals surface area (Å²) in [7, 11) is 1.62. The Bertz CT molecular complexity index is 550. The molecule has 88 valence electrons. The second kappa shape index (κ2) is 4.45. The van der Waals surface area contributed by atoms with Crippen LogP contribution in [0.1, 0.15) is 11.1 Å². The third kappa shape index (κ3) is 2.09. The number of aryl methyl sites for hydroxylation is 1. The zero-order chi connectivity index (χ0) is 12.4. The Balaban J connectivity index is 2.67. The molecule has 2 N–H and O–H groups in total. The smallest absolute Gasteiger partial charge is 0.221 e. The van der Waals surface area contributed by atoms with Gasteiger partial charge in [0.15, 0.2) is 0 Å². The maximum atomic E-state index is 5.79. The number of nitrogens with zero attached hydrogens (tertiary/aromatic N) is 1. The minimum Gasteiger partial charge on any atom is -0.481 e. The fourth-order valence-corrected chi connectivity index (χ4v) is 1.87. The van der Waals surface area contributed by atoms with Crippen molar-refractivity contribution in [1.82, 2.24) is 4.98 Å². The van der Waals surface area contributed by atoms with E-state index in [-0.39, 0.29) is 0 Å². The highest BCUT2D eigenvalue weighted by atomic mass is 16.5. The van der Waals surface area contributed by atoms with Crippen molar-refractivity contribution in [2.24, 2.45) is 0 Å². The summed E-state index contributed by atoms with van der Waals surface area (Å²) in [6.45, 7) is 4.18. The normalized spacial score (nSPS) is 10.3. The van der Waals surface area contributed by atoms with Gasteiger partial charge in [-0.3, -0.25) is 0 Å². The largest absolute Gasteiger partial charge is 0.481 e. The highest BCUT2D eigenvalue weighted by Gasteiger charge is 2.10. The topological polar surface area (TPSA) is 48.1 Å². The number of methoxy groups -OCH3 is 1. The van der Waals surface area contributed by atoms with Gasteiger partial charge in [0.05, 0.1) is 19.0 Å². The van der Waals surface area contributed by atoms with Crippen molar-refractivity contribution in [2.45, 2.75) is 13.8 Å². The van der Waals surface area contributed by atoms with E-state index in [1.807, 2.05) is 12.1 Å². The summed E-state index contributed by atoms with van der Waals surface area (Å²) < 4.78 is 5.28. The molecule has 0 aliphatic rings. The molecule has 0 aliphatic heterocycles. The summed E-state index contributed by atoms with van der Waals surface area (Å²) in [6.07, 6.45) is 1.60. The number of nitrogen functional groups attached to an aromatic ring is 1. The maximum Gasteiger partial charge on any atom is 0.221 e. The van der Waals surface area contributed by atoms with Crippen molar-refractivity contribution in [3.8, 4) is 17.0 Å². The number of benzene rings is 1. The summed E-state index contributed by atoms with van der Waals surface area (Å²) in [5, 5.41) is 0. The zero-order valence-electron chi connectivity index (χ0n) is 10.3. The third-order valence-electron chi connectivity index (χ3n) is 2.96. The summed E-state index contributed by atoms with van der Waals surface area (Å²) in [4.78, 5) is 4.20. The fraction of sp³-hybridized carbons (Fsp3) is 0.214. The van der Waals surface area contributed by atoms with Gasteiger partial charge in [0.1, 0.15) is 0 Å². The Morgan fingerprint density at radius 3 is 2.65 bits per heavy atom. The standard InChI is InChI=1S/C14H16N2O/c1-9-5-4-6-12(10(9)2)13-7-11(15)8-16-14(13)17-3/h4-8H,15H2,1-3H3. The molecule has 0 unspecified atom stereocenters. The minimum absolute atomic E-state index is 0.605. The zero-order valence-corrected chi connectivity index (χ0v) is 10.3. The lowest BCUT2D eigenvalue weighted by Crippen LogP contribution is -1.96. The summed E-state index contributed by atoms with van der Waals surface area (Å²) in [5.41, 5.74) is 10.9. The molecule has 0 saturated carbocycles.